The van der Waals surface area contributed by atoms with Gasteiger partial charge in [-0.05, 0) is 49.1 Å². The number of hydrogen-bond donors (Lipinski definition) is 1. The topological polar surface area (TPSA) is 66.5 Å². The van der Waals surface area contributed by atoms with E-state index in [0.29, 0.717) is 5.56 Å². The van der Waals surface area contributed by atoms with Gasteiger partial charge in [0.1, 0.15) is 0 Å². The van der Waals surface area contributed by atoms with E-state index >= 15 is 0 Å². The van der Waals surface area contributed by atoms with Crippen molar-refractivity contribution in [1.29, 1.82) is 0 Å². The standard InChI is InChI=1S/C19H22N2O3S/c1-19(12-15-7-4-5-8-16(15)13-19)20-18(22)14-9-6-10-17(11-14)25(23,24)21(2)3/h4-11H,12-13H2,1-3H3,(H,20,22). The predicted molar refractivity (Wildman–Crippen MR) is 97.0 cm³/mol. The van der Waals surface area contributed by atoms with Crippen molar-refractivity contribution in [2.45, 2.75) is 30.2 Å². The molecule has 132 valence electrons. The van der Waals surface area contributed by atoms with Crippen molar-refractivity contribution < 1.29 is 13.2 Å². The summed E-state index contributed by atoms with van der Waals surface area (Å²) in [6, 6.07) is 14.3. The number of carbonyl (C=O) groups is 1. The molecule has 0 bridgehead atoms. The van der Waals surface area contributed by atoms with Gasteiger partial charge in [0.25, 0.3) is 5.91 Å². The average Bonchev–Trinajstić information content (AvgIpc) is 2.90. The molecule has 25 heavy (non-hydrogen) atoms. The van der Waals surface area contributed by atoms with Gasteiger partial charge in [-0.2, -0.15) is 0 Å². The van der Waals surface area contributed by atoms with E-state index < -0.39 is 10.0 Å². The first-order chi connectivity index (χ1) is 11.7. The third-order valence-corrected chi connectivity index (χ3v) is 6.38. The zero-order valence-corrected chi connectivity index (χ0v) is 15.4. The highest BCUT2D eigenvalue weighted by molar-refractivity contribution is 7.89. The molecule has 0 unspecified atom stereocenters. The van der Waals surface area contributed by atoms with E-state index in [1.165, 1.54) is 37.4 Å². The molecule has 6 heteroatoms. The average molecular weight is 358 g/mol. The minimum atomic E-state index is -3.57. The summed E-state index contributed by atoms with van der Waals surface area (Å²) >= 11 is 0. The van der Waals surface area contributed by atoms with Crippen molar-refractivity contribution in [2.75, 3.05) is 14.1 Å². The van der Waals surface area contributed by atoms with Crippen LogP contribution in [-0.2, 0) is 22.9 Å². The lowest BCUT2D eigenvalue weighted by Crippen LogP contribution is -2.46. The van der Waals surface area contributed by atoms with Gasteiger partial charge >= 0.3 is 0 Å². The minimum Gasteiger partial charge on any atom is -0.346 e. The van der Waals surface area contributed by atoms with Crippen LogP contribution in [0.15, 0.2) is 53.4 Å². The van der Waals surface area contributed by atoms with E-state index in [0.717, 1.165) is 17.1 Å². The molecule has 2 aromatic rings. The summed E-state index contributed by atoms with van der Waals surface area (Å²) in [4.78, 5) is 12.8. The molecular weight excluding hydrogens is 336 g/mol. The molecule has 2 aromatic carbocycles. The monoisotopic (exact) mass is 358 g/mol. The zero-order valence-electron chi connectivity index (χ0n) is 14.6. The summed E-state index contributed by atoms with van der Waals surface area (Å²) in [5.74, 6) is -0.258. The number of nitrogens with one attached hydrogen (secondary N) is 1. The Morgan fingerprint density at radius 1 is 1.04 bits per heavy atom. The number of hydrogen-bond acceptors (Lipinski definition) is 3. The van der Waals surface area contributed by atoms with Crippen LogP contribution in [0.1, 0.15) is 28.4 Å². The number of sulfonamides is 1. The Balaban J connectivity index is 1.81. The molecule has 0 saturated carbocycles. The maximum atomic E-state index is 12.7. The highest BCUT2D eigenvalue weighted by atomic mass is 32.2. The van der Waals surface area contributed by atoms with E-state index in [4.69, 9.17) is 0 Å². The van der Waals surface area contributed by atoms with Crippen LogP contribution >= 0.6 is 0 Å². The molecule has 0 spiro atoms. The normalized spacial score (nSPS) is 15.8. The smallest absolute Gasteiger partial charge is 0.251 e. The molecule has 5 nitrogen and oxygen atoms in total. The molecule has 0 aliphatic heterocycles. The number of carbonyl (C=O) groups excluding carboxylic acids is 1. The Labute approximate surface area is 148 Å². The lowest BCUT2D eigenvalue weighted by Gasteiger charge is -2.25. The molecule has 1 aliphatic carbocycles. The lowest BCUT2D eigenvalue weighted by atomic mass is 9.98. The van der Waals surface area contributed by atoms with Gasteiger partial charge in [-0.25, -0.2) is 12.7 Å². The van der Waals surface area contributed by atoms with Gasteiger partial charge in [0.05, 0.1) is 4.90 Å². The molecule has 1 amide bonds. The van der Waals surface area contributed by atoms with E-state index in [1.807, 2.05) is 19.1 Å². The fraction of sp³-hybridized carbons (Fsp3) is 0.316. The zero-order chi connectivity index (χ0) is 18.2. The SMILES string of the molecule is CN(C)S(=O)(=O)c1cccc(C(=O)NC2(C)Cc3ccccc3C2)c1. The highest BCUT2D eigenvalue weighted by Crippen LogP contribution is 2.30. The minimum absolute atomic E-state index is 0.116. The van der Waals surface area contributed by atoms with Crippen LogP contribution in [0.4, 0.5) is 0 Å². The molecule has 0 heterocycles. The van der Waals surface area contributed by atoms with Crippen molar-refractivity contribution in [3.8, 4) is 0 Å². The Hall–Kier alpha value is -2.18. The van der Waals surface area contributed by atoms with Crippen LogP contribution in [0.2, 0.25) is 0 Å². The second-order valence-corrected chi connectivity index (χ2v) is 9.10. The highest BCUT2D eigenvalue weighted by Gasteiger charge is 2.34. The first kappa shape index (κ1) is 17.6. The molecular formula is C19H22N2O3S. The number of nitrogens with zero attached hydrogens (tertiary/aromatic N) is 1. The first-order valence-corrected chi connectivity index (χ1v) is 9.57. The summed E-state index contributed by atoms with van der Waals surface area (Å²) < 4.78 is 25.7. The van der Waals surface area contributed by atoms with Crippen LogP contribution in [0.5, 0.6) is 0 Å². The van der Waals surface area contributed by atoms with E-state index in [2.05, 4.69) is 17.4 Å². The van der Waals surface area contributed by atoms with E-state index in [-0.39, 0.29) is 16.3 Å². The Bertz CT molecular complexity index is 895. The van der Waals surface area contributed by atoms with Crippen molar-refractivity contribution in [3.05, 3.63) is 65.2 Å². The van der Waals surface area contributed by atoms with Gasteiger partial charge in [0.2, 0.25) is 10.0 Å². The van der Waals surface area contributed by atoms with Gasteiger partial charge in [0, 0.05) is 25.2 Å². The Morgan fingerprint density at radius 3 is 2.20 bits per heavy atom. The third kappa shape index (κ3) is 3.45. The summed E-state index contributed by atoms with van der Waals surface area (Å²) in [5, 5.41) is 3.08. The van der Waals surface area contributed by atoms with Crippen molar-refractivity contribution in [3.63, 3.8) is 0 Å². The number of fused-ring (bicyclic) bond motifs is 1. The molecule has 1 aliphatic rings. The lowest BCUT2D eigenvalue weighted by molar-refractivity contribution is 0.0909. The van der Waals surface area contributed by atoms with E-state index in [1.54, 1.807) is 12.1 Å². The van der Waals surface area contributed by atoms with Crippen LogP contribution in [0.25, 0.3) is 0 Å². The van der Waals surface area contributed by atoms with Crippen LogP contribution < -0.4 is 5.32 Å². The van der Waals surface area contributed by atoms with Crippen LogP contribution in [-0.4, -0.2) is 38.3 Å². The van der Waals surface area contributed by atoms with Crippen LogP contribution in [0, 0.1) is 0 Å². The second-order valence-electron chi connectivity index (χ2n) is 6.95. The fourth-order valence-electron chi connectivity index (χ4n) is 3.25. The van der Waals surface area contributed by atoms with Crippen molar-refractivity contribution >= 4 is 15.9 Å². The summed E-state index contributed by atoms with van der Waals surface area (Å²) in [7, 11) is -0.624. The molecule has 0 atom stereocenters. The van der Waals surface area contributed by atoms with E-state index in [9.17, 15) is 13.2 Å². The maximum Gasteiger partial charge on any atom is 0.251 e. The molecule has 0 radical (unpaired) electrons. The first-order valence-electron chi connectivity index (χ1n) is 8.13. The fourth-order valence-corrected chi connectivity index (χ4v) is 4.20. The number of rotatable bonds is 4. The largest absolute Gasteiger partial charge is 0.346 e. The van der Waals surface area contributed by atoms with Crippen molar-refractivity contribution in [2.24, 2.45) is 0 Å². The third-order valence-electron chi connectivity index (χ3n) is 4.57. The molecule has 0 fully saturated rings. The quantitative estimate of drug-likeness (QED) is 0.911. The molecule has 1 N–H and O–H groups in total. The summed E-state index contributed by atoms with van der Waals surface area (Å²) in [6.07, 6.45) is 1.54. The van der Waals surface area contributed by atoms with Gasteiger partial charge in [-0.3, -0.25) is 4.79 Å². The molecule has 0 aromatic heterocycles. The summed E-state index contributed by atoms with van der Waals surface area (Å²) in [5.41, 5.74) is 2.47. The van der Waals surface area contributed by atoms with Gasteiger partial charge < -0.3 is 5.32 Å². The van der Waals surface area contributed by atoms with Gasteiger partial charge in [0.15, 0.2) is 0 Å². The molecule has 3 rings (SSSR count). The molecule has 0 saturated heterocycles. The predicted octanol–water partition coefficient (Wildman–Crippen LogP) is 2.22. The van der Waals surface area contributed by atoms with Crippen molar-refractivity contribution in [1.82, 2.24) is 9.62 Å². The Morgan fingerprint density at radius 2 is 1.64 bits per heavy atom. The second kappa shape index (κ2) is 6.28. The van der Waals surface area contributed by atoms with Gasteiger partial charge in [-0.1, -0.05) is 30.3 Å². The number of amides is 1. The van der Waals surface area contributed by atoms with Gasteiger partial charge in [-0.15, -0.1) is 0 Å². The maximum absolute atomic E-state index is 12.7. The Kier molecular flexibility index (Phi) is 4.43. The number of benzene rings is 2. The van der Waals surface area contributed by atoms with Crippen LogP contribution in [0.3, 0.4) is 0 Å². The summed E-state index contributed by atoms with van der Waals surface area (Å²) in [6.45, 7) is 2.02.